The Labute approximate surface area is 85.9 Å². The second-order valence-corrected chi connectivity index (χ2v) is 4.65. The van der Waals surface area contributed by atoms with Crippen LogP contribution in [0.5, 0.6) is 0 Å². The molecule has 3 atom stereocenters. The molecule has 0 saturated heterocycles. The number of hydrogen-bond donors (Lipinski definition) is 2. The van der Waals surface area contributed by atoms with Crippen molar-refractivity contribution in [2.45, 2.75) is 39.2 Å². The smallest absolute Gasteiger partial charge is 0.306 e. The van der Waals surface area contributed by atoms with Crippen LogP contribution >= 0.6 is 0 Å². The summed E-state index contributed by atoms with van der Waals surface area (Å²) >= 11 is 0. The highest BCUT2D eigenvalue weighted by Crippen LogP contribution is 2.35. The molecule has 14 heavy (non-hydrogen) atoms. The molecule has 1 rings (SSSR count). The van der Waals surface area contributed by atoms with Crippen LogP contribution < -0.4 is 5.32 Å². The first kappa shape index (κ1) is 11.5. The zero-order valence-electron chi connectivity index (χ0n) is 9.29. The van der Waals surface area contributed by atoms with Crippen LogP contribution in [0.1, 0.15) is 33.1 Å². The Kier molecular flexibility index (Phi) is 3.93. The van der Waals surface area contributed by atoms with Gasteiger partial charge < -0.3 is 10.4 Å². The summed E-state index contributed by atoms with van der Waals surface area (Å²) in [5.74, 6) is 0.0656. The number of hydrogen-bond acceptors (Lipinski definition) is 2. The van der Waals surface area contributed by atoms with Crippen LogP contribution in [0.4, 0.5) is 0 Å². The third-order valence-electron chi connectivity index (χ3n) is 3.49. The van der Waals surface area contributed by atoms with E-state index in [0.717, 1.165) is 19.3 Å². The molecule has 0 bridgehead atoms. The summed E-state index contributed by atoms with van der Waals surface area (Å²) in [6, 6.07) is 0.395. The molecule has 0 aromatic rings. The molecule has 0 aliphatic heterocycles. The van der Waals surface area contributed by atoms with Crippen LogP contribution in [-0.4, -0.2) is 24.2 Å². The molecule has 0 aromatic heterocycles. The van der Waals surface area contributed by atoms with Gasteiger partial charge in [-0.05, 0) is 38.1 Å². The SMILES string of the molecule is CNC1CCC(C(C)C)C(C(=O)O)C1. The second kappa shape index (κ2) is 4.78. The molecule has 1 saturated carbocycles. The average molecular weight is 199 g/mol. The van der Waals surface area contributed by atoms with Gasteiger partial charge in [-0.1, -0.05) is 13.8 Å². The molecule has 3 unspecified atom stereocenters. The normalized spacial score (nSPS) is 33.3. The highest BCUT2D eigenvalue weighted by Gasteiger charge is 2.36. The van der Waals surface area contributed by atoms with Crippen LogP contribution in [0, 0.1) is 17.8 Å². The molecule has 1 fully saturated rings. The fourth-order valence-corrected chi connectivity index (χ4v) is 2.54. The molecule has 3 nitrogen and oxygen atoms in total. The van der Waals surface area contributed by atoms with Crippen molar-refractivity contribution < 1.29 is 9.90 Å². The number of carboxylic acids is 1. The van der Waals surface area contributed by atoms with Crippen molar-refractivity contribution in [2.75, 3.05) is 7.05 Å². The van der Waals surface area contributed by atoms with Crippen LogP contribution in [0.3, 0.4) is 0 Å². The Hall–Kier alpha value is -0.570. The van der Waals surface area contributed by atoms with E-state index >= 15 is 0 Å². The maximum absolute atomic E-state index is 11.1. The lowest BCUT2D eigenvalue weighted by atomic mass is 9.72. The van der Waals surface area contributed by atoms with E-state index in [9.17, 15) is 4.79 Å². The number of nitrogens with one attached hydrogen (secondary N) is 1. The highest BCUT2D eigenvalue weighted by atomic mass is 16.4. The van der Waals surface area contributed by atoms with Crippen molar-refractivity contribution in [3.63, 3.8) is 0 Å². The van der Waals surface area contributed by atoms with Gasteiger partial charge in [0.25, 0.3) is 0 Å². The summed E-state index contributed by atoms with van der Waals surface area (Å²) in [7, 11) is 1.92. The molecule has 1 aliphatic carbocycles. The fourth-order valence-electron chi connectivity index (χ4n) is 2.54. The largest absolute Gasteiger partial charge is 0.481 e. The van der Waals surface area contributed by atoms with Crippen LogP contribution in [0.15, 0.2) is 0 Å². The molecule has 3 heteroatoms. The van der Waals surface area contributed by atoms with Crippen molar-refractivity contribution in [2.24, 2.45) is 17.8 Å². The summed E-state index contributed by atoms with van der Waals surface area (Å²) in [6.45, 7) is 4.25. The van der Waals surface area contributed by atoms with E-state index in [1.807, 2.05) is 7.05 Å². The van der Waals surface area contributed by atoms with Gasteiger partial charge in [-0.3, -0.25) is 4.79 Å². The van der Waals surface area contributed by atoms with E-state index in [1.165, 1.54) is 0 Å². The van der Waals surface area contributed by atoms with E-state index in [-0.39, 0.29) is 5.92 Å². The predicted octanol–water partition coefficient (Wildman–Crippen LogP) is 1.73. The van der Waals surface area contributed by atoms with Crippen molar-refractivity contribution in [3.8, 4) is 0 Å². The van der Waals surface area contributed by atoms with E-state index in [2.05, 4.69) is 19.2 Å². The van der Waals surface area contributed by atoms with E-state index in [4.69, 9.17) is 5.11 Å². The molecule has 2 N–H and O–H groups in total. The minimum Gasteiger partial charge on any atom is -0.481 e. The zero-order chi connectivity index (χ0) is 10.7. The van der Waals surface area contributed by atoms with Gasteiger partial charge in [-0.15, -0.1) is 0 Å². The lowest BCUT2D eigenvalue weighted by molar-refractivity contribution is -0.146. The summed E-state index contributed by atoms with van der Waals surface area (Å²) in [6.07, 6.45) is 2.94. The predicted molar refractivity (Wildman–Crippen MR) is 56.2 cm³/mol. The maximum atomic E-state index is 11.1. The Morgan fingerprint density at radius 2 is 2.07 bits per heavy atom. The lowest BCUT2D eigenvalue weighted by Crippen LogP contribution is -2.40. The third kappa shape index (κ3) is 2.47. The average Bonchev–Trinajstić information content (AvgIpc) is 2.16. The quantitative estimate of drug-likeness (QED) is 0.727. The van der Waals surface area contributed by atoms with Gasteiger partial charge in [-0.25, -0.2) is 0 Å². The van der Waals surface area contributed by atoms with Gasteiger partial charge in [0.05, 0.1) is 5.92 Å². The van der Waals surface area contributed by atoms with Crippen molar-refractivity contribution >= 4 is 5.97 Å². The molecule has 1 aliphatic rings. The van der Waals surface area contributed by atoms with Gasteiger partial charge in [0.15, 0.2) is 0 Å². The van der Waals surface area contributed by atoms with Gasteiger partial charge in [0.1, 0.15) is 0 Å². The van der Waals surface area contributed by atoms with E-state index < -0.39 is 5.97 Å². The van der Waals surface area contributed by atoms with Crippen LogP contribution in [-0.2, 0) is 4.79 Å². The molecule has 0 spiro atoms. The van der Waals surface area contributed by atoms with Crippen molar-refractivity contribution in [3.05, 3.63) is 0 Å². The highest BCUT2D eigenvalue weighted by molar-refractivity contribution is 5.70. The monoisotopic (exact) mass is 199 g/mol. The minimum atomic E-state index is -0.622. The molecular weight excluding hydrogens is 178 g/mol. The summed E-state index contributed by atoms with van der Waals surface area (Å²) < 4.78 is 0. The van der Waals surface area contributed by atoms with Gasteiger partial charge in [0.2, 0.25) is 0 Å². The molecule has 0 amide bonds. The third-order valence-corrected chi connectivity index (χ3v) is 3.49. The first-order valence-corrected chi connectivity index (χ1v) is 5.46. The molecule has 82 valence electrons. The molecule has 0 heterocycles. The fraction of sp³-hybridized carbons (Fsp3) is 0.909. The number of carboxylic acid groups (broad SMARTS) is 1. The lowest BCUT2D eigenvalue weighted by Gasteiger charge is -2.35. The molecule has 0 aromatic carbocycles. The minimum absolute atomic E-state index is 0.152. The first-order valence-electron chi connectivity index (χ1n) is 5.46. The Bertz CT molecular complexity index is 203. The van der Waals surface area contributed by atoms with Gasteiger partial charge in [0, 0.05) is 6.04 Å². The van der Waals surface area contributed by atoms with Gasteiger partial charge >= 0.3 is 5.97 Å². The topological polar surface area (TPSA) is 49.3 Å². The zero-order valence-corrected chi connectivity index (χ0v) is 9.29. The molecule has 0 radical (unpaired) electrons. The van der Waals surface area contributed by atoms with Crippen molar-refractivity contribution in [1.29, 1.82) is 0 Å². The standard InChI is InChI=1S/C11H21NO2/c1-7(2)9-5-4-8(12-3)6-10(9)11(13)14/h7-10,12H,4-6H2,1-3H3,(H,13,14). The van der Waals surface area contributed by atoms with Gasteiger partial charge in [-0.2, -0.15) is 0 Å². The van der Waals surface area contributed by atoms with Crippen molar-refractivity contribution in [1.82, 2.24) is 5.32 Å². The Morgan fingerprint density at radius 1 is 1.43 bits per heavy atom. The summed E-state index contributed by atoms with van der Waals surface area (Å²) in [5, 5.41) is 12.3. The summed E-state index contributed by atoms with van der Waals surface area (Å²) in [4.78, 5) is 11.1. The van der Waals surface area contributed by atoms with E-state index in [1.54, 1.807) is 0 Å². The van der Waals surface area contributed by atoms with E-state index in [0.29, 0.717) is 17.9 Å². The van der Waals surface area contributed by atoms with Crippen LogP contribution in [0.25, 0.3) is 0 Å². The maximum Gasteiger partial charge on any atom is 0.306 e. The van der Waals surface area contributed by atoms with Crippen LogP contribution in [0.2, 0.25) is 0 Å². The Morgan fingerprint density at radius 3 is 2.50 bits per heavy atom. The second-order valence-electron chi connectivity index (χ2n) is 4.65. The molecular formula is C11H21NO2. The number of aliphatic carboxylic acids is 1. The summed E-state index contributed by atoms with van der Waals surface area (Å²) in [5.41, 5.74) is 0. The number of carbonyl (C=O) groups is 1. The Balaban J connectivity index is 2.65. The first-order chi connectivity index (χ1) is 6.56. The number of rotatable bonds is 3.